The molecule has 0 amide bonds. The van der Waals surface area contributed by atoms with Crippen molar-refractivity contribution >= 4 is 43.5 Å². The Morgan fingerprint density at radius 3 is 2.62 bits per heavy atom. The molecule has 13 heavy (non-hydrogen) atoms. The van der Waals surface area contributed by atoms with Crippen molar-refractivity contribution in [1.82, 2.24) is 0 Å². The van der Waals surface area contributed by atoms with Crippen LogP contribution in [-0.4, -0.2) is 5.33 Å². The molecule has 0 atom stereocenters. The van der Waals surface area contributed by atoms with Crippen LogP contribution < -0.4 is 0 Å². The first-order valence-corrected chi connectivity index (χ1v) is 6.62. The molecule has 72 valence electrons. The van der Waals surface area contributed by atoms with E-state index in [0.29, 0.717) is 5.88 Å². The second kappa shape index (κ2) is 6.05. The normalized spacial score (nSPS) is 10.4. The zero-order chi connectivity index (χ0) is 9.68. The quantitative estimate of drug-likeness (QED) is 0.714. The van der Waals surface area contributed by atoms with E-state index in [9.17, 15) is 0 Å². The molecule has 0 bridgehead atoms. The molecular weight excluding hydrogens is 315 g/mol. The summed E-state index contributed by atoms with van der Waals surface area (Å²) < 4.78 is 1.12. The first-order valence-electron chi connectivity index (χ1n) is 4.17. The molecule has 0 aliphatic rings. The van der Waals surface area contributed by atoms with Gasteiger partial charge in [0.1, 0.15) is 0 Å². The summed E-state index contributed by atoms with van der Waals surface area (Å²) in [4.78, 5) is 0. The summed E-state index contributed by atoms with van der Waals surface area (Å²) in [6, 6.07) is 6.38. The van der Waals surface area contributed by atoms with Gasteiger partial charge in [0, 0.05) is 15.7 Å². The van der Waals surface area contributed by atoms with E-state index in [1.807, 2.05) is 0 Å². The second-order valence-electron chi connectivity index (χ2n) is 2.85. The van der Waals surface area contributed by atoms with Crippen LogP contribution in [0.2, 0.25) is 0 Å². The van der Waals surface area contributed by atoms with Crippen molar-refractivity contribution in [2.24, 2.45) is 0 Å². The molecule has 0 heterocycles. The highest BCUT2D eigenvalue weighted by atomic mass is 79.9. The Hall–Kier alpha value is 0.470. The van der Waals surface area contributed by atoms with Crippen molar-refractivity contribution in [3.8, 4) is 0 Å². The number of benzene rings is 1. The van der Waals surface area contributed by atoms with E-state index in [0.717, 1.165) is 21.8 Å². The van der Waals surface area contributed by atoms with E-state index in [-0.39, 0.29) is 0 Å². The zero-order valence-corrected chi connectivity index (χ0v) is 11.1. The third kappa shape index (κ3) is 3.61. The summed E-state index contributed by atoms with van der Waals surface area (Å²) in [7, 11) is 0. The van der Waals surface area contributed by atoms with Crippen LogP contribution in [0.5, 0.6) is 0 Å². The molecule has 0 fully saturated rings. The largest absolute Gasteiger partial charge is 0.122 e. The summed E-state index contributed by atoms with van der Waals surface area (Å²) in [6.45, 7) is 0. The van der Waals surface area contributed by atoms with Gasteiger partial charge >= 0.3 is 0 Å². The first kappa shape index (κ1) is 11.5. The monoisotopic (exact) mass is 324 g/mol. The van der Waals surface area contributed by atoms with Crippen LogP contribution >= 0.6 is 43.5 Å². The molecule has 0 N–H and O–H groups in total. The maximum Gasteiger partial charge on any atom is 0.0485 e. The van der Waals surface area contributed by atoms with Gasteiger partial charge in [-0.05, 0) is 30.0 Å². The van der Waals surface area contributed by atoms with Gasteiger partial charge in [-0.3, -0.25) is 0 Å². The van der Waals surface area contributed by atoms with Crippen LogP contribution in [0.3, 0.4) is 0 Å². The van der Waals surface area contributed by atoms with Gasteiger partial charge in [0.2, 0.25) is 0 Å². The second-order valence-corrected chi connectivity index (χ2v) is 4.77. The average Bonchev–Trinajstić information content (AvgIpc) is 2.15. The molecule has 0 aromatic heterocycles. The third-order valence-electron chi connectivity index (χ3n) is 1.86. The number of rotatable bonds is 4. The highest BCUT2D eigenvalue weighted by Crippen LogP contribution is 2.21. The lowest BCUT2D eigenvalue weighted by Crippen LogP contribution is -1.88. The van der Waals surface area contributed by atoms with E-state index in [4.69, 9.17) is 11.6 Å². The van der Waals surface area contributed by atoms with Gasteiger partial charge < -0.3 is 0 Å². The number of hydrogen-bond donors (Lipinski definition) is 0. The number of alkyl halides is 2. The van der Waals surface area contributed by atoms with Gasteiger partial charge in [-0.15, -0.1) is 11.6 Å². The average molecular weight is 326 g/mol. The summed E-state index contributed by atoms with van der Waals surface area (Å²) in [6.07, 6.45) is 2.29. The smallest absolute Gasteiger partial charge is 0.0485 e. The minimum absolute atomic E-state index is 0.569. The lowest BCUT2D eigenvalue weighted by atomic mass is 10.1. The van der Waals surface area contributed by atoms with E-state index in [2.05, 4.69) is 50.1 Å². The molecule has 1 rings (SSSR count). The van der Waals surface area contributed by atoms with Crippen molar-refractivity contribution in [2.75, 3.05) is 5.33 Å². The van der Waals surface area contributed by atoms with Crippen LogP contribution in [0.25, 0.3) is 0 Å². The molecular formula is C10H11Br2Cl. The van der Waals surface area contributed by atoms with E-state index in [1.54, 1.807) is 0 Å². The maximum atomic E-state index is 5.75. The van der Waals surface area contributed by atoms with Crippen molar-refractivity contribution in [3.05, 3.63) is 33.8 Å². The molecule has 0 aliphatic heterocycles. The van der Waals surface area contributed by atoms with Crippen molar-refractivity contribution in [1.29, 1.82) is 0 Å². The maximum absolute atomic E-state index is 5.75. The fourth-order valence-electron chi connectivity index (χ4n) is 1.13. The minimum atomic E-state index is 0.569. The molecule has 0 saturated heterocycles. The summed E-state index contributed by atoms with van der Waals surface area (Å²) >= 11 is 12.7. The highest BCUT2D eigenvalue weighted by molar-refractivity contribution is 9.10. The Morgan fingerprint density at radius 2 is 2.08 bits per heavy atom. The molecule has 0 radical (unpaired) electrons. The standard InChI is InChI=1S/C10H11Br2Cl/c11-5-1-2-8-3-4-9(7-13)10(12)6-8/h3-4,6H,1-2,5,7H2. The Labute approximate surface area is 101 Å². The fourth-order valence-corrected chi connectivity index (χ4v) is 2.37. The van der Waals surface area contributed by atoms with Gasteiger partial charge in [-0.25, -0.2) is 0 Å². The van der Waals surface area contributed by atoms with Gasteiger partial charge in [0.15, 0.2) is 0 Å². The number of halogens is 3. The lowest BCUT2D eigenvalue weighted by molar-refractivity contribution is 0.937. The SMILES string of the molecule is ClCc1ccc(CCCBr)cc1Br. The third-order valence-corrected chi connectivity index (χ3v) is 3.45. The van der Waals surface area contributed by atoms with Gasteiger partial charge in [0.25, 0.3) is 0 Å². The van der Waals surface area contributed by atoms with Crippen LogP contribution in [0.4, 0.5) is 0 Å². The lowest BCUT2D eigenvalue weighted by Gasteiger charge is -2.03. The van der Waals surface area contributed by atoms with Crippen molar-refractivity contribution < 1.29 is 0 Å². The van der Waals surface area contributed by atoms with Gasteiger partial charge in [-0.1, -0.05) is 44.0 Å². The summed E-state index contributed by atoms with van der Waals surface area (Å²) in [5.41, 5.74) is 2.52. The minimum Gasteiger partial charge on any atom is -0.122 e. The van der Waals surface area contributed by atoms with E-state index < -0.39 is 0 Å². The number of hydrogen-bond acceptors (Lipinski definition) is 0. The fraction of sp³-hybridized carbons (Fsp3) is 0.400. The molecule has 0 nitrogen and oxygen atoms in total. The first-order chi connectivity index (χ1) is 6.27. The summed E-state index contributed by atoms with van der Waals surface area (Å²) in [5, 5.41) is 1.06. The topological polar surface area (TPSA) is 0 Å². The van der Waals surface area contributed by atoms with Crippen LogP contribution in [0.15, 0.2) is 22.7 Å². The van der Waals surface area contributed by atoms with E-state index in [1.165, 1.54) is 12.0 Å². The van der Waals surface area contributed by atoms with E-state index >= 15 is 0 Å². The molecule has 1 aromatic rings. The summed E-state index contributed by atoms with van der Waals surface area (Å²) in [5.74, 6) is 0.569. The van der Waals surface area contributed by atoms with Crippen molar-refractivity contribution in [3.63, 3.8) is 0 Å². The Morgan fingerprint density at radius 1 is 1.31 bits per heavy atom. The predicted molar refractivity (Wildman–Crippen MR) is 65.8 cm³/mol. The van der Waals surface area contributed by atoms with Crippen LogP contribution in [0.1, 0.15) is 17.5 Å². The van der Waals surface area contributed by atoms with Crippen molar-refractivity contribution in [2.45, 2.75) is 18.7 Å². The molecule has 0 spiro atoms. The van der Waals surface area contributed by atoms with Gasteiger partial charge in [-0.2, -0.15) is 0 Å². The molecule has 0 unspecified atom stereocenters. The molecule has 1 aromatic carbocycles. The molecule has 0 aliphatic carbocycles. The van der Waals surface area contributed by atoms with Crippen LogP contribution in [0, 0.1) is 0 Å². The highest BCUT2D eigenvalue weighted by Gasteiger charge is 1.99. The molecule has 3 heteroatoms. The van der Waals surface area contributed by atoms with Gasteiger partial charge in [0.05, 0.1) is 0 Å². The Bertz CT molecular complexity index is 274. The zero-order valence-electron chi connectivity index (χ0n) is 7.19. The molecule has 0 saturated carbocycles. The predicted octanol–water partition coefficient (Wildman–Crippen LogP) is 4.52. The number of aryl methyl sites for hydroxylation is 1. The Kier molecular flexibility index (Phi) is 5.37. The Balaban J connectivity index is 2.71. The van der Waals surface area contributed by atoms with Crippen LogP contribution in [-0.2, 0) is 12.3 Å².